The number of phenolic OH excluding ortho intramolecular Hbond substituents is 1. The number of nitrogens with zero attached hydrogens (tertiary/aromatic N) is 2. The Morgan fingerprint density at radius 2 is 2.06 bits per heavy atom. The van der Waals surface area contributed by atoms with E-state index in [4.69, 9.17) is 14.8 Å². The Bertz CT molecular complexity index is 1140. The number of oxime groups is 1. The fourth-order valence-corrected chi connectivity index (χ4v) is 6.57. The molecular formula is C27H30N2O4. The molecule has 33 heavy (non-hydrogen) atoms. The Morgan fingerprint density at radius 3 is 2.85 bits per heavy atom. The number of fused-ring (bicyclic) bond motifs is 5. The number of ether oxygens (including phenoxy) is 1. The Morgan fingerprint density at radius 1 is 1.21 bits per heavy atom. The van der Waals surface area contributed by atoms with Gasteiger partial charge in [-0.15, -0.1) is 0 Å². The van der Waals surface area contributed by atoms with Crippen molar-refractivity contribution in [3.05, 3.63) is 58.7 Å². The molecule has 6 heteroatoms. The van der Waals surface area contributed by atoms with Crippen LogP contribution in [-0.2, 0) is 11.4 Å². The average molecular weight is 447 g/mol. The number of benzene rings is 2. The molecule has 2 N–H and O–H groups in total. The number of aliphatic hydroxyl groups is 1. The van der Waals surface area contributed by atoms with Gasteiger partial charge in [0.2, 0.25) is 0 Å². The number of hydrogen-bond donors (Lipinski definition) is 2. The van der Waals surface area contributed by atoms with E-state index in [2.05, 4.69) is 18.1 Å². The van der Waals surface area contributed by atoms with Crippen molar-refractivity contribution in [2.75, 3.05) is 7.11 Å². The molecule has 0 spiro atoms. The van der Waals surface area contributed by atoms with Crippen molar-refractivity contribution in [1.29, 1.82) is 5.26 Å². The van der Waals surface area contributed by atoms with Crippen molar-refractivity contribution in [2.45, 2.75) is 57.7 Å². The summed E-state index contributed by atoms with van der Waals surface area (Å²) >= 11 is 0. The van der Waals surface area contributed by atoms with E-state index in [1.54, 1.807) is 25.3 Å². The first-order chi connectivity index (χ1) is 15.9. The lowest BCUT2D eigenvalue weighted by Crippen LogP contribution is -2.45. The summed E-state index contributed by atoms with van der Waals surface area (Å²) in [4.78, 5) is 5.77. The van der Waals surface area contributed by atoms with Gasteiger partial charge in [0.15, 0.2) is 11.5 Å². The van der Waals surface area contributed by atoms with Crippen LogP contribution in [0.1, 0.15) is 67.2 Å². The number of rotatable bonds is 4. The van der Waals surface area contributed by atoms with Crippen LogP contribution < -0.4 is 4.74 Å². The van der Waals surface area contributed by atoms with Crippen molar-refractivity contribution in [1.82, 2.24) is 0 Å². The van der Waals surface area contributed by atoms with Crippen molar-refractivity contribution < 1.29 is 19.8 Å². The highest BCUT2D eigenvalue weighted by molar-refractivity contribution is 6.03. The number of nitriles is 1. The summed E-state index contributed by atoms with van der Waals surface area (Å²) in [5.74, 6) is 1.72. The van der Waals surface area contributed by atoms with Crippen molar-refractivity contribution in [3.63, 3.8) is 0 Å². The molecule has 0 bridgehead atoms. The molecule has 2 aromatic rings. The summed E-state index contributed by atoms with van der Waals surface area (Å²) in [5.41, 5.74) is 4.32. The minimum absolute atomic E-state index is 0.0522. The summed E-state index contributed by atoms with van der Waals surface area (Å²) in [6.45, 7) is 2.51. The molecule has 0 heterocycles. The molecule has 0 saturated heterocycles. The minimum Gasteiger partial charge on any atom is -0.504 e. The Kier molecular flexibility index (Phi) is 5.54. The second-order valence-corrected chi connectivity index (χ2v) is 9.95. The highest BCUT2D eigenvalue weighted by atomic mass is 16.6. The van der Waals surface area contributed by atoms with Crippen LogP contribution in [0.4, 0.5) is 0 Å². The Balaban J connectivity index is 1.49. The summed E-state index contributed by atoms with van der Waals surface area (Å²) in [5, 5.41) is 34.9. The predicted octanol–water partition coefficient (Wildman–Crippen LogP) is 4.87. The van der Waals surface area contributed by atoms with E-state index in [0.29, 0.717) is 29.1 Å². The van der Waals surface area contributed by atoms with Crippen LogP contribution in [0, 0.1) is 28.6 Å². The molecule has 3 aliphatic rings. The topological polar surface area (TPSA) is 95.1 Å². The standard InChI is InChI=1S/C27H30N2O4/c1-27-9-8-18-19-13-25(32-2)24(30)12-21(19)23(11-20(18)22(27)6-7-26(27)31)29-33-15-17-5-3-4-16(10-17)14-28/h3-5,10,12-13,18,20,22,26,30-31H,6-9,11,15H2,1-2H3/t18-,20-,22+,26?,27+/m1/s1. The van der Waals surface area contributed by atoms with E-state index in [9.17, 15) is 10.2 Å². The second kappa shape index (κ2) is 8.39. The molecule has 172 valence electrons. The fourth-order valence-electron chi connectivity index (χ4n) is 6.57. The highest BCUT2D eigenvalue weighted by Crippen LogP contribution is 2.61. The Hall–Kier alpha value is -3.04. The van der Waals surface area contributed by atoms with Gasteiger partial charge >= 0.3 is 0 Å². The molecule has 0 amide bonds. The molecule has 2 aromatic carbocycles. The first-order valence-corrected chi connectivity index (χ1v) is 11.7. The summed E-state index contributed by atoms with van der Waals surface area (Å²) in [7, 11) is 1.57. The van der Waals surface area contributed by atoms with Crippen LogP contribution in [0.5, 0.6) is 11.5 Å². The first-order valence-electron chi connectivity index (χ1n) is 11.7. The van der Waals surface area contributed by atoms with Gasteiger partial charge < -0.3 is 19.8 Å². The molecule has 5 atom stereocenters. The molecule has 2 saturated carbocycles. The molecule has 0 aliphatic heterocycles. The maximum Gasteiger partial charge on any atom is 0.160 e. The monoisotopic (exact) mass is 446 g/mol. The zero-order chi connectivity index (χ0) is 23.2. The zero-order valence-electron chi connectivity index (χ0n) is 19.1. The highest BCUT2D eigenvalue weighted by Gasteiger charge is 2.55. The largest absolute Gasteiger partial charge is 0.504 e. The van der Waals surface area contributed by atoms with Gasteiger partial charge in [-0.05, 0) is 90.7 Å². The lowest BCUT2D eigenvalue weighted by Gasteiger charge is -2.50. The van der Waals surface area contributed by atoms with Gasteiger partial charge in [-0.25, -0.2) is 0 Å². The molecule has 3 aliphatic carbocycles. The quantitative estimate of drug-likeness (QED) is 0.654. The molecule has 1 unspecified atom stereocenters. The molecule has 5 rings (SSSR count). The van der Waals surface area contributed by atoms with Crippen LogP contribution in [0.2, 0.25) is 0 Å². The number of hydrogen-bond acceptors (Lipinski definition) is 6. The van der Waals surface area contributed by atoms with Crippen molar-refractivity contribution in [3.8, 4) is 17.6 Å². The number of aromatic hydroxyl groups is 1. The van der Waals surface area contributed by atoms with Gasteiger partial charge in [-0.2, -0.15) is 5.26 Å². The average Bonchev–Trinajstić information content (AvgIpc) is 3.13. The van der Waals surface area contributed by atoms with Crippen LogP contribution in [-0.4, -0.2) is 29.1 Å². The third-order valence-electron chi connectivity index (χ3n) is 8.34. The van der Waals surface area contributed by atoms with E-state index in [1.807, 2.05) is 18.2 Å². The first kappa shape index (κ1) is 21.8. The van der Waals surface area contributed by atoms with Gasteiger partial charge in [0.05, 0.1) is 30.6 Å². The summed E-state index contributed by atoms with van der Waals surface area (Å²) in [6.07, 6.45) is 4.40. The third kappa shape index (κ3) is 3.65. The molecule has 2 fully saturated rings. The van der Waals surface area contributed by atoms with E-state index in [-0.39, 0.29) is 23.9 Å². The molecule has 6 nitrogen and oxygen atoms in total. The normalized spacial score (nSPS) is 31.3. The van der Waals surface area contributed by atoms with Gasteiger partial charge in [0, 0.05) is 5.56 Å². The van der Waals surface area contributed by atoms with Crippen LogP contribution in [0.25, 0.3) is 0 Å². The van der Waals surface area contributed by atoms with Gasteiger partial charge in [-0.1, -0.05) is 24.2 Å². The van der Waals surface area contributed by atoms with Gasteiger partial charge in [0.1, 0.15) is 6.61 Å². The number of aliphatic hydroxyl groups excluding tert-OH is 1. The Labute approximate surface area is 194 Å². The van der Waals surface area contributed by atoms with Crippen molar-refractivity contribution in [2.24, 2.45) is 22.4 Å². The minimum atomic E-state index is -0.247. The van der Waals surface area contributed by atoms with E-state index in [0.717, 1.165) is 54.5 Å². The number of methoxy groups -OCH3 is 1. The predicted molar refractivity (Wildman–Crippen MR) is 124 cm³/mol. The number of phenols is 1. The van der Waals surface area contributed by atoms with E-state index in [1.165, 1.54) is 0 Å². The van der Waals surface area contributed by atoms with E-state index < -0.39 is 0 Å². The zero-order valence-corrected chi connectivity index (χ0v) is 19.1. The molecule has 0 aromatic heterocycles. The SMILES string of the molecule is COc1cc2c(cc1O)C(=NOCc1cccc(C#N)c1)C[C@@H]1[C@@H]2CC[C@]2(C)C(O)CC[C@@H]12. The molecular weight excluding hydrogens is 416 g/mol. The summed E-state index contributed by atoms with van der Waals surface area (Å²) in [6, 6.07) is 13.2. The van der Waals surface area contributed by atoms with Crippen molar-refractivity contribution >= 4 is 5.71 Å². The van der Waals surface area contributed by atoms with Crippen LogP contribution >= 0.6 is 0 Å². The van der Waals surface area contributed by atoms with Crippen LogP contribution in [0.3, 0.4) is 0 Å². The van der Waals surface area contributed by atoms with Gasteiger partial charge in [0.25, 0.3) is 0 Å². The lowest BCUT2D eigenvalue weighted by molar-refractivity contribution is -0.0180. The summed E-state index contributed by atoms with van der Waals surface area (Å²) < 4.78 is 5.42. The fraction of sp³-hybridized carbons (Fsp3) is 0.481. The van der Waals surface area contributed by atoms with E-state index >= 15 is 0 Å². The van der Waals surface area contributed by atoms with Gasteiger partial charge in [-0.3, -0.25) is 0 Å². The smallest absolute Gasteiger partial charge is 0.160 e. The second-order valence-electron chi connectivity index (χ2n) is 9.95. The van der Waals surface area contributed by atoms with Crippen LogP contribution in [0.15, 0.2) is 41.6 Å². The third-order valence-corrected chi connectivity index (χ3v) is 8.34. The maximum absolute atomic E-state index is 10.7. The maximum atomic E-state index is 10.7. The lowest BCUT2D eigenvalue weighted by atomic mass is 9.55. The molecule has 0 radical (unpaired) electrons.